The second-order valence-electron chi connectivity index (χ2n) is 6.90. The molecule has 4 nitrogen and oxygen atoms in total. The Morgan fingerprint density at radius 2 is 0.957 bits per heavy atom. The van der Waals surface area contributed by atoms with Gasteiger partial charge in [-0.15, -0.1) is 0 Å². The van der Waals surface area contributed by atoms with Crippen LogP contribution in [0.25, 0.3) is 0 Å². The van der Waals surface area contributed by atoms with Crippen LogP contribution in [-0.4, -0.2) is 43.5 Å². The fourth-order valence-electron chi connectivity index (χ4n) is 3.85. The van der Waals surface area contributed by atoms with Crippen molar-refractivity contribution in [2.24, 2.45) is 0 Å². The lowest BCUT2D eigenvalue weighted by Gasteiger charge is -2.42. The zero-order chi connectivity index (χ0) is 18.1. The van der Waals surface area contributed by atoms with Gasteiger partial charge < -0.3 is 17.7 Å². The van der Waals surface area contributed by atoms with Gasteiger partial charge in [0.15, 0.2) is 8.32 Å². The average molecular weight is 365 g/mol. The third-order valence-corrected chi connectivity index (χ3v) is 13.7. The van der Waals surface area contributed by atoms with E-state index in [1.165, 1.54) is 0 Å². The lowest BCUT2D eigenvalue weighted by atomic mass is 10.5. The van der Waals surface area contributed by atoms with Gasteiger partial charge in [0, 0.05) is 32.5 Å². The molecule has 0 heterocycles. The molecule has 0 spiro atoms. The van der Waals surface area contributed by atoms with Crippen LogP contribution in [0, 0.1) is 0 Å². The van der Waals surface area contributed by atoms with Gasteiger partial charge in [-0.25, -0.2) is 0 Å². The highest BCUT2D eigenvalue weighted by Gasteiger charge is 2.47. The summed E-state index contributed by atoms with van der Waals surface area (Å²) in [7, 11) is -4.44. The molecule has 0 radical (unpaired) electrons. The van der Waals surface area contributed by atoms with Crippen LogP contribution in [0.4, 0.5) is 0 Å². The standard InChI is InChI=1S/C17H40O4Si2/c1-10-18-22(19-11-2,20-12-3)14-13-21-23(15(4)5,16(6)7)17(8)9/h15-17H,10-14H2,1-9H3. The molecule has 0 bridgehead atoms. The normalized spacial score (nSPS) is 13.6. The van der Waals surface area contributed by atoms with E-state index in [4.69, 9.17) is 17.7 Å². The summed E-state index contributed by atoms with van der Waals surface area (Å²) in [6.07, 6.45) is 0. The van der Waals surface area contributed by atoms with E-state index in [0.717, 1.165) is 6.04 Å². The molecule has 0 saturated carbocycles. The van der Waals surface area contributed by atoms with E-state index < -0.39 is 17.1 Å². The molecule has 6 heteroatoms. The lowest BCUT2D eigenvalue weighted by Crippen LogP contribution is -2.51. The molecule has 0 aliphatic heterocycles. The highest BCUT2D eigenvalue weighted by molar-refractivity contribution is 6.77. The minimum absolute atomic E-state index is 0.588. The predicted molar refractivity (Wildman–Crippen MR) is 102 cm³/mol. The number of hydrogen-bond acceptors (Lipinski definition) is 4. The molecular formula is C17H40O4Si2. The van der Waals surface area contributed by atoms with Gasteiger partial charge in [0.2, 0.25) is 0 Å². The van der Waals surface area contributed by atoms with Crippen molar-refractivity contribution < 1.29 is 17.7 Å². The van der Waals surface area contributed by atoms with Gasteiger partial charge >= 0.3 is 8.80 Å². The monoisotopic (exact) mass is 364 g/mol. The molecule has 0 N–H and O–H groups in total. The maximum absolute atomic E-state index is 6.64. The second kappa shape index (κ2) is 11.0. The van der Waals surface area contributed by atoms with Crippen LogP contribution in [-0.2, 0) is 17.7 Å². The van der Waals surface area contributed by atoms with Gasteiger partial charge in [0.25, 0.3) is 0 Å². The first kappa shape index (κ1) is 23.3. The largest absolute Gasteiger partial charge is 0.503 e. The van der Waals surface area contributed by atoms with E-state index in [2.05, 4.69) is 41.5 Å². The van der Waals surface area contributed by atoms with Crippen molar-refractivity contribution in [3.63, 3.8) is 0 Å². The summed E-state index contributed by atoms with van der Waals surface area (Å²) in [5.74, 6) is 0. The first-order valence-electron chi connectivity index (χ1n) is 9.28. The van der Waals surface area contributed by atoms with Gasteiger partial charge in [0.1, 0.15) is 0 Å². The minimum atomic E-state index is -2.60. The van der Waals surface area contributed by atoms with Crippen molar-refractivity contribution in [1.82, 2.24) is 0 Å². The summed E-state index contributed by atoms with van der Waals surface area (Å²) in [4.78, 5) is 0. The zero-order valence-corrected chi connectivity index (χ0v) is 18.9. The SMILES string of the molecule is CCO[Si](CCO[Si](C(C)C)(C(C)C)C(C)C)(OCC)OCC. The Morgan fingerprint density at radius 3 is 1.22 bits per heavy atom. The summed E-state index contributed by atoms with van der Waals surface area (Å²) in [5, 5.41) is 0. The van der Waals surface area contributed by atoms with Gasteiger partial charge in [-0.3, -0.25) is 0 Å². The summed E-state index contributed by atoms with van der Waals surface area (Å²) in [6.45, 7) is 22.4. The van der Waals surface area contributed by atoms with Crippen molar-refractivity contribution in [3.8, 4) is 0 Å². The van der Waals surface area contributed by atoms with E-state index in [0.29, 0.717) is 43.1 Å². The molecule has 0 unspecified atom stereocenters. The second-order valence-corrected chi connectivity index (χ2v) is 15.1. The third kappa shape index (κ3) is 6.25. The van der Waals surface area contributed by atoms with Crippen molar-refractivity contribution in [3.05, 3.63) is 0 Å². The Morgan fingerprint density at radius 1 is 0.609 bits per heavy atom. The maximum Gasteiger partial charge on any atom is 0.503 e. The van der Waals surface area contributed by atoms with Crippen molar-refractivity contribution in [2.45, 2.75) is 85.0 Å². The summed E-state index contributed by atoms with van der Waals surface area (Å²) < 4.78 is 24.5. The predicted octanol–water partition coefficient (Wildman–Crippen LogP) is 5.23. The van der Waals surface area contributed by atoms with Crippen LogP contribution in [0.2, 0.25) is 22.7 Å². The Bertz CT molecular complexity index is 270. The van der Waals surface area contributed by atoms with Crippen molar-refractivity contribution in [1.29, 1.82) is 0 Å². The molecule has 0 rings (SSSR count). The Hall–Kier alpha value is 0.274. The molecule has 0 fully saturated rings. The highest BCUT2D eigenvalue weighted by Crippen LogP contribution is 2.42. The summed E-state index contributed by atoms with van der Waals surface area (Å²) >= 11 is 0. The lowest BCUT2D eigenvalue weighted by molar-refractivity contribution is 0.0668. The Kier molecular flexibility index (Phi) is 11.1. The van der Waals surface area contributed by atoms with Gasteiger partial charge in [0.05, 0.1) is 0 Å². The van der Waals surface area contributed by atoms with Gasteiger partial charge in [-0.2, -0.15) is 0 Å². The first-order valence-corrected chi connectivity index (χ1v) is 13.3. The molecule has 0 aromatic heterocycles. The van der Waals surface area contributed by atoms with Crippen molar-refractivity contribution in [2.75, 3.05) is 26.4 Å². The summed E-state index contributed by atoms with van der Waals surface area (Å²) in [5.41, 5.74) is 1.76. The highest BCUT2D eigenvalue weighted by atomic mass is 28.4. The number of rotatable bonds is 13. The van der Waals surface area contributed by atoms with E-state index in [-0.39, 0.29) is 0 Å². The Balaban J connectivity index is 5.07. The van der Waals surface area contributed by atoms with Crippen LogP contribution in [0.3, 0.4) is 0 Å². The molecular weight excluding hydrogens is 324 g/mol. The average Bonchev–Trinajstić information content (AvgIpc) is 2.43. The van der Waals surface area contributed by atoms with Crippen LogP contribution >= 0.6 is 0 Å². The minimum Gasteiger partial charge on any atom is -0.416 e. The molecule has 0 aliphatic rings. The Labute approximate surface area is 146 Å². The van der Waals surface area contributed by atoms with E-state index in [1.54, 1.807) is 0 Å². The molecule has 0 saturated heterocycles. The smallest absolute Gasteiger partial charge is 0.416 e. The topological polar surface area (TPSA) is 36.9 Å². The fourth-order valence-corrected chi connectivity index (χ4v) is 11.9. The molecule has 0 aromatic rings. The maximum atomic E-state index is 6.64. The zero-order valence-electron chi connectivity index (χ0n) is 16.9. The summed E-state index contributed by atoms with van der Waals surface area (Å²) in [6, 6.07) is 0.740. The molecule has 0 amide bonds. The van der Waals surface area contributed by atoms with Crippen LogP contribution < -0.4 is 0 Å². The van der Waals surface area contributed by atoms with Crippen LogP contribution in [0.15, 0.2) is 0 Å². The molecule has 0 aliphatic carbocycles. The fraction of sp³-hybridized carbons (Fsp3) is 1.00. The van der Waals surface area contributed by atoms with Gasteiger partial charge in [-0.05, 0) is 37.4 Å². The quantitative estimate of drug-likeness (QED) is 0.419. The molecule has 0 atom stereocenters. The van der Waals surface area contributed by atoms with Gasteiger partial charge in [-0.1, -0.05) is 41.5 Å². The van der Waals surface area contributed by atoms with E-state index in [9.17, 15) is 0 Å². The molecule has 140 valence electrons. The third-order valence-electron chi connectivity index (χ3n) is 4.56. The van der Waals surface area contributed by atoms with Crippen LogP contribution in [0.1, 0.15) is 62.3 Å². The number of hydrogen-bond donors (Lipinski definition) is 0. The first-order chi connectivity index (χ1) is 10.7. The van der Waals surface area contributed by atoms with E-state index >= 15 is 0 Å². The van der Waals surface area contributed by atoms with Crippen LogP contribution in [0.5, 0.6) is 0 Å². The van der Waals surface area contributed by atoms with Crippen molar-refractivity contribution >= 4 is 17.1 Å². The van der Waals surface area contributed by atoms with E-state index in [1.807, 2.05) is 20.8 Å². The molecule has 23 heavy (non-hydrogen) atoms. The molecule has 0 aromatic carbocycles.